The molecule has 2 aliphatic rings. The van der Waals surface area contributed by atoms with E-state index in [-0.39, 0.29) is 11.5 Å². The Balaban J connectivity index is 1.84. The minimum absolute atomic E-state index is 0.0424. The number of aryl methyl sites for hydroxylation is 1. The molecule has 1 heterocycles. The van der Waals surface area contributed by atoms with Crippen LogP contribution in [0, 0.1) is 6.92 Å². The number of hydrogen-bond acceptors (Lipinski definition) is 4. The smallest absolute Gasteiger partial charge is 0.198 e. The molecule has 1 saturated carbocycles. The second kappa shape index (κ2) is 7.14. The van der Waals surface area contributed by atoms with Gasteiger partial charge >= 0.3 is 0 Å². The number of hydrogen-bond donors (Lipinski definition) is 1. The Morgan fingerprint density at radius 3 is 2.40 bits per heavy atom. The van der Waals surface area contributed by atoms with Crippen LogP contribution in [-0.4, -0.2) is 22.1 Å². The van der Waals surface area contributed by atoms with Crippen LogP contribution in [0.15, 0.2) is 42.2 Å². The molecule has 1 N–H and O–H groups in total. The maximum absolute atomic E-state index is 13.3. The first-order chi connectivity index (χ1) is 14.0. The Morgan fingerprint density at radius 1 is 1.07 bits per heavy atom. The molecule has 0 spiro atoms. The lowest BCUT2D eigenvalue weighted by Crippen LogP contribution is -2.49. The quantitative estimate of drug-likeness (QED) is 0.587. The van der Waals surface area contributed by atoms with Crippen LogP contribution >= 0.6 is 11.6 Å². The first kappa shape index (κ1) is 21.0. The van der Waals surface area contributed by atoms with Crippen LogP contribution in [-0.2, 0) is 9.53 Å². The Bertz CT molecular complexity index is 1060. The van der Waals surface area contributed by atoms with Crippen LogP contribution in [0.4, 0.5) is 0 Å². The van der Waals surface area contributed by atoms with E-state index in [2.05, 4.69) is 0 Å². The van der Waals surface area contributed by atoms with Crippen molar-refractivity contribution in [2.75, 3.05) is 0 Å². The molecule has 1 aliphatic heterocycles. The third-order valence-corrected chi connectivity index (χ3v) is 6.01. The zero-order chi connectivity index (χ0) is 21.8. The van der Waals surface area contributed by atoms with Gasteiger partial charge in [-0.2, -0.15) is 0 Å². The van der Waals surface area contributed by atoms with Gasteiger partial charge in [-0.25, -0.2) is 0 Å². The number of carbonyl (C=O) groups is 1. The van der Waals surface area contributed by atoms with Gasteiger partial charge in [-0.15, -0.1) is 0 Å². The number of halogens is 1. The van der Waals surface area contributed by atoms with Crippen LogP contribution in [0.2, 0.25) is 5.02 Å². The topological polar surface area (TPSA) is 55.8 Å². The van der Waals surface area contributed by atoms with Crippen molar-refractivity contribution in [3.05, 3.63) is 63.9 Å². The largest absolute Gasteiger partial charge is 0.508 e. The van der Waals surface area contributed by atoms with Crippen molar-refractivity contribution < 1.29 is 19.4 Å². The summed E-state index contributed by atoms with van der Waals surface area (Å²) in [5.74, 6) is 1.23. The molecule has 0 aromatic heterocycles. The van der Waals surface area contributed by atoms with Crippen LogP contribution in [0.1, 0.15) is 63.1 Å². The zero-order valence-corrected chi connectivity index (χ0v) is 18.8. The van der Waals surface area contributed by atoms with E-state index in [1.54, 1.807) is 27.7 Å². The average Bonchev–Trinajstić information content (AvgIpc) is 3.47. The third kappa shape index (κ3) is 3.75. The standard InChI is InChI=1S/C25H27ClO4/c1-14-6-11-20(19(26)12-14)29-16-9-10-17(15-7-8-15)18(13-16)21-22(27)24(2,3)30-25(4,5)23(21)28/h6,9-13,15,27H,7-8H2,1-5H3. The van der Waals surface area contributed by atoms with Crippen molar-refractivity contribution in [3.63, 3.8) is 0 Å². The van der Waals surface area contributed by atoms with Gasteiger partial charge in [-0.3, -0.25) is 4.79 Å². The van der Waals surface area contributed by atoms with Gasteiger partial charge in [0.2, 0.25) is 0 Å². The highest BCUT2D eigenvalue weighted by molar-refractivity contribution is 6.32. The van der Waals surface area contributed by atoms with Crippen LogP contribution in [0.25, 0.3) is 5.57 Å². The van der Waals surface area contributed by atoms with E-state index in [4.69, 9.17) is 21.1 Å². The van der Waals surface area contributed by atoms with E-state index in [0.29, 0.717) is 33.6 Å². The highest BCUT2D eigenvalue weighted by atomic mass is 35.5. The molecule has 0 bridgehead atoms. The maximum Gasteiger partial charge on any atom is 0.198 e. The molecule has 1 fully saturated rings. The fourth-order valence-electron chi connectivity index (χ4n) is 4.07. The number of aliphatic hydroxyl groups is 1. The minimum Gasteiger partial charge on any atom is -0.508 e. The molecule has 30 heavy (non-hydrogen) atoms. The lowest BCUT2D eigenvalue weighted by Gasteiger charge is -2.40. The Hall–Kier alpha value is -2.30. The van der Waals surface area contributed by atoms with Crippen molar-refractivity contribution in [1.82, 2.24) is 0 Å². The van der Waals surface area contributed by atoms with E-state index in [0.717, 1.165) is 24.0 Å². The molecule has 0 radical (unpaired) electrons. The van der Waals surface area contributed by atoms with Crippen LogP contribution in [0.3, 0.4) is 0 Å². The number of carbonyl (C=O) groups excluding carboxylic acids is 1. The van der Waals surface area contributed by atoms with E-state index < -0.39 is 11.2 Å². The van der Waals surface area contributed by atoms with Crippen molar-refractivity contribution >= 4 is 23.0 Å². The third-order valence-electron chi connectivity index (χ3n) is 5.72. The van der Waals surface area contributed by atoms with Gasteiger partial charge in [0.15, 0.2) is 5.78 Å². The lowest BCUT2D eigenvalue weighted by molar-refractivity contribution is -0.158. The molecule has 4 nitrogen and oxygen atoms in total. The van der Waals surface area contributed by atoms with E-state index in [9.17, 15) is 9.90 Å². The summed E-state index contributed by atoms with van der Waals surface area (Å²) in [6.07, 6.45) is 2.14. The molecule has 0 atom stereocenters. The van der Waals surface area contributed by atoms with E-state index >= 15 is 0 Å². The van der Waals surface area contributed by atoms with Gasteiger partial charge in [-0.05, 0) is 94.3 Å². The fourth-order valence-corrected chi connectivity index (χ4v) is 4.35. The average molecular weight is 427 g/mol. The number of ketones is 1. The molecule has 4 rings (SSSR count). The number of benzene rings is 2. The molecule has 0 unspecified atom stereocenters. The van der Waals surface area contributed by atoms with Crippen LogP contribution < -0.4 is 4.74 Å². The van der Waals surface area contributed by atoms with E-state index in [1.807, 2.05) is 43.3 Å². The summed E-state index contributed by atoms with van der Waals surface area (Å²) in [4.78, 5) is 13.3. The van der Waals surface area contributed by atoms with Gasteiger partial charge < -0.3 is 14.6 Å². The molecular formula is C25H27ClO4. The second-order valence-electron chi connectivity index (χ2n) is 9.23. The molecule has 5 heteroatoms. The van der Waals surface area contributed by atoms with Gasteiger partial charge in [0.25, 0.3) is 0 Å². The zero-order valence-electron chi connectivity index (χ0n) is 18.0. The summed E-state index contributed by atoms with van der Waals surface area (Å²) in [6.45, 7) is 9.01. The molecular weight excluding hydrogens is 400 g/mol. The summed E-state index contributed by atoms with van der Waals surface area (Å²) in [6, 6.07) is 11.3. The highest BCUT2D eigenvalue weighted by Gasteiger charge is 2.48. The summed E-state index contributed by atoms with van der Waals surface area (Å²) < 4.78 is 11.9. The molecule has 158 valence electrons. The molecule has 0 amide bonds. The van der Waals surface area contributed by atoms with Gasteiger partial charge in [0, 0.05) is 0 Å². The first-order valence-corrected chi connectivity index (χ1v) is 10.6. The SMILES string of the molecule is Cc1ccc(Oc2ccc(C3CC3)c(C3=C(O)C(C)(C)OC(C)(C)C3=O)c2)c(Cl)c1. The Morgan fingerprint density at radius 2 is 1.77 bits per heavy atom. The highest BCUT2D eigenvalue weighted by Crippen LogP contribution is 2.48. The first-order valence-electron chi connectivity index (χ1n) is 10.3. The molecule has 1 aliphatic carbocycles. The Kier molecular flexibility index (Phi) is 4.99. The number of rotatable bonds is 4. The molecule has 0 saturated heterocycles. The van der Waals surface area contributed by atoms with Crippen molar-refractivity contribution in [2.24, 2.45) is 0 Å². The molecule has 2 aromatic carbocycles. The maximum atomic E-state index is 13.3. The van der Waals surface area contributed by atoms with E-state index in [1.165, 1.54) is 0 Å². The second-order valence-corrected chi connectivity index (χ2v) is 9.64. The lowest BCUT2D eigenvalue weighted by atomic mass is 9.81. The predicted octanol–water partition coefficient (Wildman–Crippen LogP) is 6.74. The van der Waals surface area contributed by atoms with Crippen molar-refractivity contribution in [1.29, 1.82) is 0 Å². The number of Topliss-reactive ketones (excluding diaryl/α,β-unsaturated/α-hetero) is 1. The van der Waals surface area contributed by atoms with Gasteiger partial charge in [0.05, 0.1) is 10.6 Å². The Labute approximate surface area is 182 Å². The number of ether oxygens (including phenoxy) is 2. The minimum atomic E-state index is -1.04. The van der Waals surface area contributed by atoms with Crippen molar-refractivity contribution in [3.8, 4) is 11.5 Å². The fraction of sp³-hybridized carbons (Fsp3) is 0.400. The molecule has 2 aromatic rings. The predicted molar refractivity (Wildman–Crippen MR) is 118 cm³/mol. The van der Waals surface area contributed by atoms with Crippen LogP contribution in [0.5, 0.6) is 11.5 Å². The van der Waals surface area contributed by atoms with Gasteiger partial charge in [0.1, 0.15) is 28.5 Å². The monoisotopic (exact) mass is 426 g/mol. The summed E-state index contributed by atoms with van der Waals surface area (Å²) in [5.41, 5.74) is 1.13. The summed E-state index contributed by atoms with van der Waals surface area (Å²) >= 11 is 6.34. The normalized spacial score (nSPS) is 20.4. The summed E-state index contributed by atoms with van der Waals surface area (Å²) in [5, 5.41) is 11.5. The number of aliphatic hydroxyl groups excluding tert-OH is 1. The van der Waals surface area contributed by atoms with Gasteiger partial charge in [-0.1, -0.05) is 23.7 Å². The van der Waals surface area contributed by atoms with Crippen molar-refractivity contribution in [2.45, 2.75) is 64.6 Å². The summed E-state index contributed by atoms with van der Waals surface area (Å²) in [7, 11) is 0.